The van der Waals surface area contributed by atoms with Crippen LogP contribution in [0, 0.1) is 11.3 Å². The Morgan fingerprint density at radius 3 is 3.00 bits per heavy atom. The van der Waals surface area contributed by atoms with Gasteiger partial charge in [-0.15, -0.1) is 0 Å². The van der Waals surface area contributed by atoms with E-state index in [0.29, 0.717) is 0 Å². The van der Waals surface area contributed by atoms with E-state index in [9.17, 15) is 4.79 Å². The molecule has 0 bridgehead atoms. The lowest BCUT2D eigenvalue weighted by atomic mass is 10.1. The van der Waals surface area contributed by atoms with Gasteiger partial charge in [-0.25, -0.2) is 0 Å². The molecule has 0 radical (unpaired) electrons. The van der Waals surface area contributed by atoms with Gasteiger partial charge in [0.25, 0.3) is 0 Å². The molecule has 0 aliphatic carbocycles. The van der Waals surface area contributed by atoms with E-state index in [1.165, 1.54) is 0 Å². The van der Waals surface area contributed by atoms with Gasteiger partial charge in [-0.1, -0.05) is 0 Å². The molecule has 2 unspecified atom stereocenters. The van der Waals surface area contributed by atoms with Crippen molar-refractivity contribution < 1.29 is 4.79 Å². The molecular formula is C11H17N3O. The Hall–Kier alpha value is -1.08. The fraction of sp³-hybridized carbons (Fsp3) is 0.818. The molecule has 0 aromatic carbocycles. The Morgan fingerprint density at radius 2 is 2.20 bits per heavy atom. The zero-order chi connectivity index (χ0) is 10.7. The third-order valence-electron chi connectivity index (χ3n) is 3.35. The number of nitrogens with zero attached hydrogens (tertiary/aromatic N) is 2. The minimum absolute atomic E-state index is 0.0427. The molecule has 2 heterocycles. The summed E-state index contributed by atoms with van der Waals surface area (Å²) in [7, 11) is 0. The molecule has 2 aliphatic heterocycles. The molecule has 1 N–H and O–H groups in total. The summed E-state index contributed by atoms with van der Waals surface area (Å²) in [5.74, 6) is 0.120. The van der Waals surface area contributed by atoms with Gasteiger partial charge < -0.3 is 5.32 Å². The van der Waals surface area contributed by atoms with E-state index in [2.05, 4.69) is 16.3 Å². The van der Waals surface area contributed by atoms with Crippen LogP contribution in [-0.2, 0) is 4.79 Å². The summed E-state index contributed by atoms with van der Waals surface area (Å²) in [5, 5.41) is 11.9. The van der Waals surface area contributed by atoms with Gasteiger partial charge in [0.2, 0.25) is 5.91 Å². The Bertz CT molecular complexity index is 284. The van der Waals surface area contributed by atoms with Gasteiger partial charge in [-0.2, -0.15) is 5.26 Å². The van der Waals surface area contributed by atoms with Crippen LogP contribution in [0.25, 0.3) is 0 Å². The highest BCUT2D eigenvalue weighted by molar-refractivity contribution is 5.82. The second-order valence-electron chi connectivity index (χ2n) is 4.33. The molecule has 0 aromatic rings. The summed E-state index contributed by atoms with van der Waals surface area (Å²) in [5.41, 5.74) is 0. The van der Waals surface area contributed by atoms with Crippen LogP contribution in [0.1, 0.15) is 32.1 Å². The third kappa shape index (κ3) is 2.13. The summed E-state index contributed by atoms with van der Waals surface area (Å²) in [6.07, 6.45) is 5.01. The van der Waals surface area contributed by atoms with E-state index < -0.39 is 0 Å². The zero-order valence-electron chi connectivity index (χ0n) is 8.91. The van der Waals surface area contributed by atoms with Gasteiger partial charge in [0.15, 0.2) is 0 Å². The first kappa shape index (κ1) is 10.4. The van der Waals surface area contributed by atoms with E-state index in [4.69, 9.17) is 5.26 Å². The van der Waals surface area contributed by atoms with E-state index in [-0.39, 0.29) is 18.0 Å². The average molecular weight is 207 g/mol. The van der Waals surface area contributed by atoms with Crippen molar-refractivity contribution >= 4 is 5.91 Å². The maximum atomic E-state index is 11.8. The Kier molecular flexibility index (Phi) is 3.22. The van der Waals surface area contributed by atoms with Crippen molar-refractivity contribution in [1.29, 1.82) is 5.26 Å². The molecule has 82 valence electrons. The minimum Gasteiger partial charge on any atom is -0.355 e. The summed E-state index contributed by atoms with van der Waals surface area (Å²) in [6.45, 7) is 1.69. The SMILES string of the molecule is N#CC1CCCN1C1CCCCNC1=O. The fourth-order valence-electron chi connectivity index (χ4n) is 2.54. The van der Waals surface area contributed by atoms with Crippen LogP contribution in [0.15, 0.2) is 0 Å². The number of carbonyl (C=O) groups is 1. The van der Waals surface area contributed by atoms with Crippen molar-refractivity contribution in [2.75, 3.05) is 13.1 Å². The predicted molar refractivity (Wildman–Crippen MR) is 56.0 cm³/mol. The molecule has 4 nitrogen and oxygen atoms in total. The molecule has 2 aliphatic rings. The highest BCUT2D eigenvalue weighted by Gasteiger charge is 2.34. The molecule has 0 spiro atoms. The summed E-state index contributed by atoms with van der Waals surface area (Å²) < 4.78 is 0. The van der Waals surface area contributed by atoms with Crippen LogP contribution in [0.4, 0.5) is 0 Å². The lowest BCUT2D eigenvalue weighted by Crippen LogP contribution is -2.47. The number of hydrogen-bond acceptors (Lipinski definition) is 3. The number of hydrogen-bond donors (Lipinski definition) is 1. The van der Waals surface area contributed by atoms with Gasteiger partial charge in [0.05, 0.1) is 18.2 Å². The van der Waals surface area contributed by atoms with Crippen molar-refractivity contribution in [2.24, 2.45) is 0 Å². The molecular weight excluding hydrogens is 190 g/mol. The van der Waals surface area contributed by atoms with Crippen molar-refractivity contribution in [3.8, 4) is 6.07 Å². The fourth-order valence-corrected chi connectivity index (χ4v) is 2.54. The van der Waals surface area contributed by atoms with Crippen molar-refractivity contribution in [3.63, 3.8) is 0 Å². The molecule has 15 heavy (non-hydrogen) atoms. The number of carbonyl (C=O) groups excluding carboxylic acids is 1. The van der Waals surface area contributed by atoms with Crippen molar-refractivity contribution in [1.82, 2.24) is 10.2 Å². The van der Waals surface area contributed by atoms with Gasteiger partial charge >= 0.3 is 0 Å². The highest BCUT2D eigenvalue weighted by atomic mass is 16.2. The summed E-state index contributed by atoms with van der Waals surface area (Å²) >= 11 is 0. The van der Waals surface area contributed by atoms with E-state index in [0.717, 1.165) is 45.2 Å². The number of nitrogens with one attached hydrogen (secondary N) is 1. The molecule has 2 atom stereocenters. The first-order chi connectivity index (χ1) is 7.33. The van der Waals surface area contributed by atoms with Gasteiger partial charge in [-0.05, 0) is 32.1 Å². The lowest BCUT2D eigenvalue weighted by Gasteiger charge is -2.27. The molecule has 2 saturated heterocycles. The summed E-state index contributed by atoms with van der Waals surface area (Å²) in [6, 6.07) is 2.20. The molecule has 2 rings (SSSR count). The summed E-state index contributed by atoms with van der Waals surface area (Å²) in [4.78, 5) is 13.9. The number of likely N-dealkylation sites (tertiary alicyclic amines) is 1. The molecule has 0 aromatic heterocycles. The third-order valence-corrected chi connectivity index (χ3v) is 3.35. The first-order valence-corrected chi connectivity index (χ1v) is 5.76. The Balaban J connectivity index is 2.07. The number of rotatable bonds is 1. The van der Waals surface area contributed by atoms with Gasteiger partial charge in [-0.3, -0.25) is 9.69 Å². The number of nitriles is 1. The van der Waals surface area contributed by atoms with Crippen LogP contribution in [0.5, 0.6) is 0 Å². The average Bonchev–Trinajstić information content (AvgIpc) is 2.61. The topological polar surface area (TPSA) is 56.1 Å². The highest BCUT2D eigenvalue weighted by Crippen LogP contribution is 2.23. The maximum Gasteiger partial charge on any atom is 0.237 e. The van der Waals surface area contributed by atoms with Crippen LogP contribution < -0.4 is 5.32 Å². The van der Waals surface area contributed by atoms with Crippen LogP contribution in [0.3, 0.4) is 0 Å². The van der Waals surface area contributed by atoms with E-state index in [1.54, 1.807) is 0 Å². The number of amides is 1. The lowest BCUT2D eigenvalue weighted by molar-refractivity contribution is -0.126. The first-order valence-electron chi connectivity index (χ1n) is 5.76. The second-order valence-corrected chi connectivity index (χ2v) is 4.33. The molecule has 0 saturated carbocycles. The normalized spacial score (nSPS) is 33.1. The van der Waals surface area contributed by atoms with Crippen molar-refractivity contribution in [2.45, 2.75) is 44.2 Å². The largest absolute Gasteiger partial charge is 0.355 e. The van der Waals surface area contributed by atoms with Crippen LogP contribution in [-0.4, -0.2) is 36.0 Å². The minimum atomic E-state index is -0.0559. The molecule has 1 amide bonds. The Labute approximate surface area is 90.2 Å². The van der Waals surface area contributed by atoms with Crippen LogP contribution in [0.2, 0.25) is 0 Å². The van der Waals surface area contributed by atoms with E-state index in [1.807, 2.05) is 0 Å². The van der Waals surface area contributed by atoms with Gasteiger partial charge in [0.1, 0.15) is 0 Å². The Morgan fingerprint density at radius 1 is 1.33 bits per heavy atom. The van der Waals surface area contributed by atoms with E-state index >= 15 is 0 Å². The quantitative estimate of drug-likeness (QED) is 0.686. The van der Waals surface area contributed by atoms with Gasteiger partial charge in [0, 0.05) is 13.1 Å². The molecule has 2 fully saturated rings. The van der Waals surface area contributed by atoms with Crippen molar-refractivity contribution in [3.05, 3.63) is 0 Å². The maximum absolute atomic E-state index is 11.8. The second kappa shape index (κ2) is 4.63. The molecule has 4 heteroatoms. The standard InChI is InChI=1S/C11H17N3O/c12-8-9-4-3-7-14(9)10-5-1-2-6-13-11(10)15/h9-10H,1-7H2,(H,13,15). The predicted octanol–water partition coefficient (Wildman–Crippen LogP) is 0.643. The van der Waals surface area contributed by atoms with Crippen LogP contribution >= 0.6 is 0 Å². The smallest absolute Gasteiger partial charge is 0.237 e. The zero-order valence-corrected chi connectivity index (χ0v) is 8.91. The monoisotopic (exact) mass is 207 g/mol.